The molecule has 0 atom stereocenters. The van der Waals surface area contributed by atoms with Crippen LogP contribution >= 0.6 is 31.9 Å². The summed E-state index contributed by atoms with van der Waals surface area (Å²) in [5, 5.41) is 0. The molecule has 0 fully saturated rings. The number of benzene rings is 1. The molecule has 0 spiro atoms. The molecule has 0 aliphatic carbocycles. The number of halogens is 2. The second-order valence-corrected chi connectivity index (χ2v) is 8.99. The number of para-hydroxylation sites is 1. The van der Waals surface area contributed by atoms with Crippen LogP contribution in [0.25, 0.3) is 0 Å². The molecule has 7 heteroatoms. The lowest BCUT2D eigenvalue weighted by Gasteiger charge is -2.22. The molecule has 0 amide bonds. The Morgan fingerprint density at radius 3 is 2.33 bits per heavy atom. The van der Waals surface area contributed by atoms with Gasteiger partial charge in [-0.2, -0.15) is 8.42 Å². The maximum atomic E-state index is 10.5. The molecule has 0 radical (unpaired) electrons. The van der Waals surface area contributed by atoms with E-state index in [0.29, 0.717) is 25.0 Å². The quantitative estimate of drug-likeness (QED) is 0.431. The van der Waals surface area contributed by atoms with Crippen LogP contribution in [-0.2, 0) is 10.1 Å². The fraction of sp³-hybridized carbons (Fsp3) is 0.455. The van der Waals surface area contributed by atoms with E-state index in [1.807, 2.05) is 30.3 Å². The highest BCUT2D eigenvalue weighted by atomic mass is 79.9. The summed E-state index contributed by atoms with van der Waals surface area (Å²) >= 11 is 6.76. The molecule has 0 aromatic heterocycles. The van der Waals surface area contributed by atoms with Crippen molar-refractivity contribution in [2.45, 2.75) is 22.7 Å². The van der Waals surface area contributed by atoms with Crippen molar-refractivity contribution in [3.63, 3.8) is 0 Å². The van der Waals surface area contributed by atoms with E-state index in [-0.39, 0.29) is 5.75 Å². The summed E-state index contributed by atoms with van der Waals surface area (Å²) in [6.07, 6.45) is 1.55. The van der Waals surface area contributed by atoms with Crippen LogP contribution in [0.1, 0.15) is 19.3 Å². The fourth-order valence-corrected chi connectivity index (χ4v) is 2.83. The third-order valence-electron chi connectivity index (χ3n) is 2.13. The van der Waals surface area contributed by atoms with E-state index in [1.54, 1.807) is 0 Å². The first-order chi connectivity index (χ1) is 8.29. The summed E-state index contributed by atoms with van der Waals surface area (Å²) in [5.74, 6) is 0.482. The normalized spacial score (nSPS) is 12.4. The van der Waals surface area contributed by atoms with E-state index in [0.717, 1.165) is 0 Å². The van der Waals surface area contributed by atoms with Gasteiger partial charge in [0.05, 0.1) is 5.75 Å². The molecule has 102 valence electrons. The minimum Gasteiger partial charge on any atom is -0.466 e. The minimum absolute atomic E-state index is 0.228. The van der Waals surface area contributed by atoms with Crippen LogP contribution in [0.2, 0.25) is 0 Å². The summed E-state index contributed by atoms with van der Waals surface area (Å²) in [4.78, 5) is 0. The molecule has 0 aliphatic rings. The zero-order valence-corrected chi connectivity index (χ0v) is 13.5. The lowest BCUT2D eigenvalue weighted by atomic mass is 10.2. The monoisotopic (exact) mass is 400 g/mol. The molecule has 0 saturated carbocycles. The van der Waals surface area contributed by atoms with Crippen molar-refractivity contribution < 1.29 is 17.7 Å². The second kappa shape index (κ2) is 6.88. The van der Waals surface area contributed by atoms with Gasteiger partial charge in [-0.15, -0.1) is 0 Å². The molecule has 1 rings (SSSR count). The van der Waals surface area contributed by atoms with Gasteiger partial charge in [-0.3, -0.25) is 4.55 Å². The molecular weight excluding hydrogens is 388 g/mol. The topological polar surface area (TPSA) is 63.6 Å². The van der Waals surface area contributed by atoms with Crippen molar-refractivity contribution in [2.75, 3.05) is 5.75 Å². The molecule has 1 aromatic rings. The van der Waals surface area contributed by atoms with E-state index < -0.39 is 13.5 Å². The summed E-state index contributed by atoms with van der Waals surface area (Å²) < 4.78 is 34.6. The number of hydrogen-bond acceptors (Lipinski definition) is 3. The molecule has 0 bridgehead atoms. The lowest BCUT2D eigenvalue weighted by molar-refractivity contribution is 0.255. The minimum atomic E-state index is -3.87. The third-order valence-corrected chi connectivity index (χ3v) is 4.05. The first-order valence-corrected chi connectivity index (χ1v) is 8.55. The zero-order valence-electron chi connectivity index (χ0n) is 9.55. The highest BCUT2D eigenvalue weighted by molar-refractivity contribution is 9.25. The number of ether oxygens (including phenoxy) is 1. The number of hydrogen-bond donors (Lipinski definition) is 1. The van der Waals surface area contributed by atoms with Crippen LogP contribution in [0, 0.1) is 0 Å². The van der Waals surface area contributed by atoms with Crippen molar-refractivity contribution in [1.82, 2.24) is 0 Å². The van der Waals surface area contributed by atoms with Crippen molar-refractivity contribution in [1.29, 1.82) is 0 Å². The Hall–Kier alpha value is -0.110. The van der Waals surface area contributed by atoms with Crippen molar-refractivity contribution in [3.8, 4) is 5.75 Å². The van der Waals surface area contributed by atoms with Gasteiger partial charge in [0.25, 0.3) is 10.1 Å². The molecule has 1 aromatic carbocycles. The Morgan fingerprint density at radius 1 is 1.17 bits per heavy atom. The van der Waals surface area contributed by atoms with Crippen LogP contribution in [0.3, 0.4) is 0 Å². The van der Waals surface area contributed by atoms with Crippen molar-refractivity contribution in [3.05, 3.63) is 30.3 Å². The van der Waals surface area contributed by atoms with Gasteiger partial charge in [0.15, 0.2) is 0 Å². The summed E-state index contributed by atoms with van der Waals surface area (Å²) in [6, 6.07) is 9.28. The first-order valence-electron chi connectivity index (χ1n) is 5.36. The number of alkyl halides is 2. The van der Waals surface area contributed by atoms with E-state index >= 15 is 0 Å². The predicted octanol–water partition coefficient (Wildman–Crippen LogP) is 3.57. The molecule has 0 unspecified atom stereocenters. The van der Waals surface area contributed by atoms with Crippen LogP contribution < -0.4 is 4.74 Å². The van der Waals surface area contributed by atoms with Gasteiger partial charge in [-0.1, -0.05) is 18.2 Å². The summed E-state index contributed by atoms with van der Waals surface area (Å²) in [5.41, 5.74) is 0. The molecule has 1 N–H and O–H groups in total. The Labute approximate surface area is 124 Å². The van der Waals surface area contributed by atoms with Gasteiger partial charge in [0.2, 0.25) is 3.42 Å². The predicted molar refractivity (Wildman–Crippen MR) is 77.9 cm³/mol. The number of unbranched alkanes of at least 4 members (excludes halogenated alkanes) is 1. The Bertz CT molecular complexity index is 459. The molecule has 0 aliphatic heterocycles. The van der Waals surface area contributed by atoms with Gasteiger partial charge in [0.1, 0.15) is 5.75 Å². The maximum Gasteiger partial charge on any atom is 0.264 e. The average Bonchev–Trinajstić information content (AvgIpc) is 2.24. The SMILES string of the molecule is O=S(=O)(O)CCCCC(Br)(Br)Oc1ccccc1. The summed E-state index contributed by atoms with van der Waals surface area (Å²) in [7, 11) is -3.87. The first kappa shape index (κ1) is 15.9. The van der Waals surface area contributed by atoms with E-state index in [1.165, 1.54) is 0 Å². The molecule has 4 nitrogen and oxygen atoms in total. The zero-order chi connectivity index (χ0) is 13.6. The Balaban J connectivity index is 2.36. The molecule has 0 saturated heterocycles. The number of rotatable bonds is 7. The average molecular weight is 402 g/mol. The van der Waals surface area contributed by atoms with Crippen molar-refractivity contribution >= 4 is 42.0 Å². The molecule has 18 heavy (non-hydrogen) atoms. The smallest absolute Gasteiger partial charge is 0.264 e. The van der Waals surface area contributed by atoms with Crippen molar-refractivity contribution in [2.24, 2.45) is 0 Å². The third kappa shape index (κ3) is 7.35. The van der Waals surface area contributed by atoms with E-state index in [9.17, 15) is 8.42 Å². The fourth-order valence-electron chi connectivity index (χ4n) is 1.33. The van der Waals surface area contributed by atoms with Gasteiger partial charge in [-0.25, -0.2) is 0 Å². The van der Waals surface area contributed by atoms with E-state index in [2.05, 4.69) is 31.9 Å². The highest BCUT2D eigenvalue weighted by Crippen LogP contribution is 2.34. The Morgan fingerprint density at radius 2 is 1.78 bits per heavy atom. The summed E-state index contributed by atoms with van der Waals surface area (Å²) in [6.45, 7) is 0. The maximum absolute atomic E-state index is 10.5. The van der Waals surface area contributed by atoms with Crippen LogP contribution in [-0.4, -0.2) is 22.1 Å². The van der Waals surface area contributed by atoms with E-state index in [4.69, 9.17) is 9.29 Å². The standard InChI is InChI=1S/C11H14Br2O4S/c12-11(13,8-4-5-9-18(14,15)16)17-10-6-2-1-3-7-10/h1-3,6-7H,4-5,8-9H2,(H,14,15,16). The van der Waals surface area contributed by atoms with Crippen LogP contribution in [0.15, 0.2) is 30.3 Å². The van der Waals surface area contributed by atoms with Gasteiger partial charge < -0.3 is 4.74 Å². The van der Waals surface area contributed by atoms with Gasteiger partial charge >= 0.3 is 0 Å². The highest BCUT2D eigenvalue weighted by Gasteiger charge is 2.24. The van der Waals surface area contributed by atoms with Crippen LogP contribution in [0.5, 0.6) is 5.75 Å². The lowest BCUT2D eigenvalue weighted by Crippen LogP contribution is -2.20. The van der Waals surface area contributed by atoms with Gasteiger partial charge in [0, 0.05) is 6.42 Å². The largest absolute Gasteiger partial charge is 0.466 e. The van der Waals surface area contributed by atoms with Gasteiger partial charge in [-0.05, 0) is 56.8 Å². The Kier molecular flexibility index (Phi) is 6.10. The van der Waals surface area contributed by atoms with Crippen LogP contribution in [0.4, 0.5) is 0 Å². The molecular formula is C11H14Br2O4S. The molecule has 0 heterocycles. The second-order valence-electron chi connectivity index (χ2n) is 3.80.